The quantitative estimate of drug-likeness (QED) is 0.820. The van der Waals surface area contributed by atoms with Gasteiger partial charge in [0.05, 0.1) is 11.1 Å². The lowest BCUT2D eigenvalue weighted by Gasteiger charge is -2.33. The van der Waals surface area contributed by atoms with Gasteiger partial charge < -0.3 is 9.64 Å². The molecule has 0 unspecified atom stereocenters. The van der Waals surface area contributed by atoms with E-state index < -0.39 is 5.82 Å². The van der Waals surface area contributed by atoms with Crippen LogP contribution >= 0.6 is 11.6 Å². The van der Waals surface area contributed by atoms with Gasteiger partial charge in [0.15, 0.2) is 6.61 Å². The van der Waals surface area contributed by atoms with Crippen LogP contribution in [0, 0.1) is 5.82 Å². The summed E-state index contributed by atoms with van der Waals surface area (Å²) in [6.45, 7) is -0.124. The summed E-state index contributed by atoms with van der Waals surface area (Å²) >= 11 is 5.92. The predicted octanol–water partition coefficient (Wildman–Crippen LogP) is 4.39. The highest BCUT2D eigenvalue weighted by molar-refractivity contribution is 6.32. The van der Waals surface area contributed by atoms with Gasteiger partial charge in [-0.05, 0) is 48.6 Å². The third kappa shape index (κ3) is 3.54. The Morgan fingerprint density at radius 2 is 2.12 bits per heavy atom. The van der Waals surface area contributed by atoms with Gasteiger partial charge >= 0.3 is 0 Å². The van der Waals surface area contributed by atoms with Gasteiger partial charge in [-0.1, -0.05) is 35.9 Å². The first kappa shape index (κ1) is 16.8. The fourth-order valence-electron chi connectivity index (χ4n) is 3.14. The number of hydrogen-bond acceptors (Lipinski definition) is 2. The van der Waals surface area contributed by atoms with E-state index in [0.29, 0.717) is 5.75 Å². The van der Waals surface area contributed by atoms with Crippen LogP contribution in [0.1, 0.15) is 30.0 Å². The van der Waals surface area contributed by atoms with Crippen LogP contribution < -0.4 is 4.74 Å². The molecular weight excluding hydrogens is 329 g/mol. The topological polar surface area (TPSA) is 29.5 Å². The molecule has 1 atom stereocenters. The largest absolute Gasteiger partial charge is 0.482 e. The number of carbonyl (C=O) groups excluding carboxylic acids is 1. The number of rotatable bonds is 4. The van der Waals surface area contributed by atoms with Crippen LogP contribution in [0.15, 0.2) is 42.5 Å². The number of ether oxygens (including phenoxy) is 1. The van der Waals surface area contributed by atoms with Crippen molar-refractivity contribution in [3.05, 3.63) is 64.4 Å². The average Bonchev–Trinajstić information content (AvgIpc) is 2.59. The first-order valence-electron chi connectivity index (χ1n) is 7.97. The lowest BCUT2D eigenvalue weighted by Crippen LogP contribution is -2.36. The van der Waals surface area contributed by atoms with Crippen LogP contribution in [0.5, 0.6) is 5.75 Å². The second-order valence-corrected chi connectivity index (χ2v) is 6.38. The fraction of sp³-hybridized carbons (Fsp3) is 0.316. The second-order valence-electron chi connectivity index (χ2n) is 5.97. The summed E-state index contributed by atoms with van der Waals surface area (Å²) in [7, 11) is 1.80. The first-order valence-corrected chi connectivity index (χ1v) is 8.35. The fourth-order valence-corrected chi connectivity index (χ4v) is 3.36. The molecular formula is C19H19ClFNO2. The zero-order chi connectivity index (χ0) is 17.1. The van der Waals surface area contributed by atoms with Gasteiger partial charge in [0.25, 0.3) is 5.91 Å². The molecule has 1 amide bonds. The van der Waals surface area contributed by atoms with Gasteiger partial charge in [-0.3, -0.25) is 4.79 Å². The molecule has 0 fully saturated rings. The third-order valence-corrected chi connectivity index (χ3v) is 4.74. The maximum Gasteiger partial charge on any atom is 0.260 e. The monoisotopic (exact) mass is 347 g/mol. The second kappa shape index (κ2) is 7.22. The number of amides is 1. The molecule has 126 valence electrons. The minimum absolute atomic E-state index is 0.0646. The zero-order valence-corrected chi connectivity index (χ0v) is 14.2. The Kier molecular flexibility index (Phi) is 5.05. The minimum Gasteiger partial charge on any atom is -0.482 e. The highest BCUT2D eigenvalue weighted by Crippen LogP contribution is 2.33. The normalized spacial score (nSPS) is 16.4. The Bertz CT molecular complexity index is 750. The van der Waals surface area contributed by atoms with E-state index in [1.54, 1.807) is 11.9 Å². The van der Waals surface area contributed by atoms with Crippen LogP contribution in [0.4, 0.5) is 4.39 Å². The molecule has 1 aliphatic rings. The van der Waals surface area contributed by atoms with Crippen molar-refractivity contribution in [2.24, 2.45) is 0 Å². The number of halogens is 2. The van der Waals surface area contributed by atoms with Gasteiger partial charge in [0.1, 0.15) is 11.6 Å². The lowest BCUT2D eigenvalue weighted by molar-refractivity contribution is -0.134. The number of aryl methyl sites for hydroxylation is 1. The molecule has 1 aliphatic carbocycles. The third-order valence-electron chi connectivity index (χ3n) is 4.44. The number of benzene rings is 2. The lowest BCUT2D eigenvalue weighted by atomic mass is 9.87. The molecule has 0 bridgehead atoms. The van der Waals surface area contributed by atoms with E-state index in [1.165, 1.54) is 29.3 Å². The summed E-state index contributed by atoms with van der Waals surface area (Å²) in [5, 5.41) is 0.161. The summed E-state index contributed by atoms with van der Waals surface area (Å²) in [4.78, 5) is 14.2. The SMILES string of the molecule is CN(C(=O)COc1ccc(F)cc1Cl)[C@H]1CCCc2ccccc21. The number of fused-ring (bicyclic) bond motifs is 1. The number of nitrogens with zero attached hydrogens (tertiary/aromatic N) is 1. The Morgan fingerprint density at radius 1 is 1.33 bits per heavy atom. The molecule has 0 N–H and O–H groups in total. The van der Waals surface area contributed by atoms with Crippen molar-refractivity contribution in [3.8, 4) is 5.75 Å². The van der Waals surface area contributed by atoms with Crippen molar-refractivity contribution < 1.29 is 13.9 Å². The molecule has 3 nitrogen and oxygen atoms in total. The standard InChI is InChI=1S/C19H19ClFNO2/c1-22(17-8-4-6-13-5-2-3-7-15(13)17)19(23)12-24-18-10-9-14(21)11-16(18)20/h2-3,5,7,9-11,17H,4,6,8,12H2,1H3/t17-/m0/s1. The van der Waals surface area contributed by atoms with Crippen molar-refractivity contribution in [1.29, 1.82) is 0 Å². The van der Waals surface area contributed by atoms with E-state index in [0.717, 1.165) is 19.3 Å². The smallest absolute Gasteiger partial charge is 0.260 e. The van der Waals surface area contributed by atoms with Crippen molar-refractivity contribution >= 4 is 17.5 Å². The summed E-state index contributed by atoms with van der Waals surface area (Å²) in [6, 6.07) is 12.2. The first-order chi connectivity index (χ1) is 11.6. The molecule has 5 heteroatoms. The Morgan fingerprint density at radius 3 is 2.92 bits per heavy atom. The number of likely N-dealkylation sites (N-methyl/N-ethyl adjacent to an activating group) is 1. The van der Waals surface area contributed by atoms with Crippen LogP contribution in [-0.4, -0.2) is 24.5 Å². The van der Waals surface area contributed by atoms with Crippen molar-refractivity contribution in [3.63, 3.8) is 0 Å². The van der Waals surface area contributed by atoms with Gasteiger partial charge in [-0.15, -0.1) is 0 Å². The van der Waals surface area contributed by atoms with Crippen molar-refractivity contribution in [2.45, 2.75) is 25.3 Å². The highest BCUT2D eigenvalue weighted by Gasteiger charge is 2.26. The van der Waals surface area contributed by atoms with E-state index >= 15 is 0 Å². The summed E-state index contributed by atoms with van der Waals surface area (Å²) in [5.41, 5.74) is 2.51. The van der Waals surface area contributed by atoms with E-state index in [9.17, 15) is 9.18 Å². The van der Waals surface area contributed by atoms with Gasteiger partial charge in [-0.2, -0.15) is 0 Å². The van der Waals surface area contributed by atoms with Gasteiger partial charge in [0.2, 0.25) is 0 Å². The maximum atomic E-state index is 13.0. The van der Waals surface area contributed by atoms with E-state index in [4.69, 9.17) is 16.3 Å². The maximum absolute atomic E-state index is 13.0. The van der Waals surface area contributed by atoms with E-state index in [1.807, 2.05) is 12.1 Å². The van der Waals surface area contributed by atoms with Crippen LogP contribution in [0.25, 0.3) is 0 Å². The van der Waals surface area contributed by atoms with E-state index in [2.05, 4.69) is 12.1 Å². The predicted molar refractivity (Wildman–Crippen MR) is 91.8 cm³/mol. The molecule has 24 heavy (non-hydrogen) atoms. The summed E-state index contributed by atoms with van der Waals surface area (Å²) < 4.78 is 18.5. The molecule has 0 saturated heterocycles. The summed E-state index contributed by atoms with van der Waals surface area (Å²) in [6.07, 6.45) is 3.05. The summed E-state index contributed by atoms with van der Waals surface area (Å²) in [5.74, 6) is -0.254. The highest BCUT2D eigenvalue weighted by atomic mass is 35.5. The Balaban J connectivity index is 1.67. The molecule has 0 aromatic heterocycles. The molecule has 2 aromatic carbocycles. The van der Waals surface area contributed by atoms with E-state index in [-0.39, 0.29) is 23.6 Å². The average molecular weight is 348 g/mol. The minimum atomic E-state index is -0.436. The van der Waals surface area contributed by atoms with Gasteiger partial charge in [0, 0.05) is 7.05 Å². The Labute approximate surface area is 146 Å². The van der Waals surface area contributed by atoms with Gasteiger partial charge in [-0.25, -0.2) is 4.39 Å². The Hall–Kier alpha value is -2.07. The van der Waals surface area contributed by atoms with Crippen LogP contribution in [0.3, 0.4) is 0 Å². The molecule has 0 saturated carbocycles. The molecule has 0 heterocycles. The molecule has 2 aromatic rings. The molecule has 0 spiro atoms. The molecule has 0 radical (unpaired) electrons. The zero-order valence-electron chi connectivity index (χ0n) is 13.5. The number of carbonyl (C=O) groups is 1. The van der Waals surface area contributed by atoms with Crippen molar-refractivity contribution in [2.75, 3.05) is 13.7 Å². The number of hydrogen-bond donors (Lipinski definition) is 0. The molecule has 3 rings (SSSR count). The van der Waals surface area contributed by atoms with Crippen LogP contribution in [-0.2, 0) is 11.2 Å². The van der Waals surface area contributed by atoms with Crippen molar-refractivity contribution in [1.82, 2.24) is 4.90 Å². The van der Waals surface area contributed by atoms with Crippen LogP contribution in [0.2, 0.25) is 5.02 Å². The molecule has 0 aliphatic heterocycles.